The number of ether oxygens (including phenoxy) is 4. The lowest BCUT2D eigenvalue weighted by molar-refractivity contribution is -0.178. The van der Waals surface area contributed by atoms with Crippen LogP contribution in [-0.2, 0) is 32.0 Å². The summed E-state index contributed by atoms with van der Waals surface area (Å²) in [6.07, 6.45) is 10.9. The van der Waals surface area contributed by atoms with Gasteiger partial charge in [-0.3, -0.25) is 4.79 Å². The quantitative estimate of drug-likeness (QED) is 0.0969. The van der Waals surface area contributed by atoms with Crippen LogP contribution in [0.25, 0.3) is 0 Å². The third-order valence-corrected chi connectivity index (χ3v) is 9.35. The molecule has 2 aromatic rings. The van der Waals surface area contributed by atoms with Crippen LogP contribution < -0.4 is 4.74 Å². The van der Waals surface area contributed by atoms with Gasteiger partial charge in [-0.15, -0.1) is 0 Å². The highest BCUT2D eigenvalue weighted by molar-refractivity contribution is 7.99. The number of para-hydroxylation sites is 1. The normalized spacial score (nSPS) is 25.1. The summed E-state index contributed by atoms with van der Waals surface area (Å²) in [7, 11) is 1.72. The van der Waals surface area contributed by atoms with Gasteiger partial charge in [0.1, 0.15) is 5.75 Å². The van der Waals surface area contributed by atoms with Crippen molar-refractivity contribution in [3.05, 3.63) is 77.9 Å². The zero-order valence-electron chi connectivity index (χ0n) is 25.2. The minimum atomic E-state index is -0.289. The number of thioether (sulfide) groups is 1. The minimum absolute atomic E-state index is 0.0958. The molecular weight excluding hydrogens is 548 g/mol. The molecule has 0 spiro atoms. The summed E-state index contributed by atoms with van der Waals surface area (Å²) < 4.78 is 23.1. The van der Waals surface area contributed by atoms with Crippen LogP contribution in [0.3, 0.4) is 0 Å². The second kappa shape index (κ2) is 17.8. The fraction of sp³-hybridized carbons (Fsp3) is 0.571. The molecule has 6 atom stereocenters. The Labute approximate surface area is 256 Å². The number of benzene rings is 2. The lowest BCUT2D eigenvalue weighted by Gasteiger charge is -2.27. The number of aliphatic hydroxyl groups excluding tert-OH is 1. The summed E-state index contributed by atoms with van der Waals surface area (Å²) in [6.45, 7) is 3.60. The molecule has 2 aromatic carbocycles. The van der Waals surface area contributed by atoms with E-state index >= 15 is 0 Å². The van der Waals surface area contributed by atoms with Crippen LogP contribution in [0.4, 0.5) is 0 Å². The van der Waals surface area contributed by atoms with E-state index in [1.54, 1.807) is 19.2 Å². The molecule has 1 N–H and O–H groups in total. The molecule has 4 rings (SSSR count). The molecule has 1 saturated carbocycles. The van der Waals surface area contributed by atoms with Crippen molar-refractivity contribution in [2.45, 2.75) is 83.4 Å². The van der Waals surface area contributed by atoms with E-state index in [4.69, 9.17) is 18.9 Å². The standard InChI is InChI=1S/C35H48O6S/c1-26-22-33(36)32(18-21-42-20-9-14-34(37)40-29-12-4-3-5-13-29)31(26)17-16-30(41-35-15-6-7-19-39-35)24-27-10-8-11-28(23-27)25-38-2/h3-5,8,10-13,16-17,23,26,30-33,35-36H,6-7,9,14-15,18-22,24-25H2,1-2H3/b17-16+/t26-,30-,31+,32-,33+,35?/m1/s1. The maximum Gasteiger partial charge on any atom is 0.311 e. The van der Waals surface area contributed by atoms with Crippen molar-refractivity contribution in [1.29, 1.82) is 0 Å². The Morgan fingerprint density at radius 2 is 1.95 bits per heavy atom. The molecule has 1 aliphatic heterocycles. The molecule has 0 bridgehead atoms. The van der Waals surface area contributed by atoms with E-state index in [0.717, 1.165) is 68.6 Å². The lowest BCUT2D eigenvalue weighted by Crippen LogP contribution is -2.28. The molecule has 2 fully saturated rings. The Morgan fingerprint density at radius 3 is 2.74 bits per heavy atom. The maximum atomic E-state index is 12.1. The van der Waals surface area contributed by atoms with Crippen LogP contribution in [0.1, 0.15) is 63.0 Å². The number of aliphatic hydroxyl groups is 1. The highest BCUT2D eigenvalue weighted by Gasteiger charge is 2.38. The van der Waals surface area contributed by atoms with Gasteiger partial charge in [-0.05, 0) is 91.0 Å². The Balaban J connectivity index is 1.28. The maximum absolute atomic E-state index is 12.1. The molecule has 1 heterocycles. The van der Waals surface area contributed by atoms with Crippen molar-refractivity contribution in [2.75, 3.05) is 25.2 Å². The second-order valence-electron chi connectivity index (χ2n) is 11.6. The fourth-order valence-electron chi connectivity index (χ4n) is 6.09. The summed E-state index contributed by atoms with van der Waals surface area (Å²) in [5.74, 6) is 3.22. The van der Waals surface area contributed by atoms with Gasteiger partial charge in [-0.1, -0.05) is 61.5 Å². The van der Waals surface area contributed by atoms with Gasteiger partial charge in [0.05, 0.1) is 18.8 Å². The lowest BCUT2D eigenvalue weighted by atomic mass is 9.87. The Morgan fingerprint density at radius 1 is 1.12 bits per heavy atom. The Hall–Kier alpha value is -2.16. The van der Waals surface area contributed by atoms with Gasteiger partial charge in [0.15, 0.2) is 6.29 Å². The number of allylic oxidation sites excluding steroid dienone is 1. The van der Waals surface area contributed by atoms with Gasteiger partial charge in [-0.2, -0.15) is 11.8 Å². The predicted molar refractivity (Wildman–Crippen MR) is 168 cm³/mol. The van der Waals surface area contributed by atoms with E-state index in [1.807, 2.05) is 30.0 Å². The molecular formula is C35H48O6S. The first-order valence-corrected chi connectivity index (χ1v) is 16.7. The van der Waals surface area contributed by atoms with Gasteiger partial charge >= 0.3 is 5.97 Å². The number of hydrogen-bond donors (Lipinski definition) is 1. The summed E-state index contributed by atoms with van der Waals surface area (Å²) >= 11 is 1.85. The topological polar surface area (TPSA) is 74.2 Å². The number of methoxy groups -OCH3 is 1. The molecule has 2 aliphatic rings. The van der Waals surface area contributed by atoms with E-state index in [9.17, 15) is 9.90 Å². The van der Waals surface area contributed by atoms with Gasteiger partial charge < -0.3 is 24.1 Å². The van der Waals surface area contributed by atoms with E-state index in [0.29, 0.717) is 30.6 Å². The van der Waals surface area contributed by atoms with Crippen LogP contribution in [0.2, 0.25) is 0 Å². The third kappa shape index (κ3) is 10.8. The van der Waals surface area contributed by atoms with Crippen molar-refractivity contribution in [1.82, 2.24) is 0 Å². The first-order chi connectivity index (χ1) is 20.5. The van der Waals surface area contributed by atoms with Gasteiger partial charge in [0.2, 0.25) is 0 Å². The van der Waals surface area contributed by atoms with Gasteiger partial charge in [0, 0.05) is 26.6 Å². The number of carbonyl (C=O) groups is 1. The molecule has 1 unspecified atom stereocenters. The van der Waals surface area contributed by atoms with Crippen LogP contribution in [0, 0.1) is 17.8 Å². The minimum Gasteiger partial charge on any atom is -0.427 e. The van der Waals surface area contributed by atoms with Gasteiger partial charge in [-0.25, -0.2) is 0 Å². The van der Waals surface area contributed by atoms with Crippen LogP contribution in [-0.4, -0.2) is 54.8 Å². The van der Waals surface area contributed by atoms with Crippen molar-refractivity contribution in [3.63, 3.8) is 0 Å². The monoisotopic (exact) mass is 596 g/mol. The molecule has 0 radical (unpaired) electrons. The largest absolute Gasteiger partial charge is 0.427 e. The van der Waals surface area contributed by atoms with Crippen LogP contribution in [0.5, 0.6) is 5.75 Å². The molecule has 0 amide bonds. The summed E-state index contributed by atoms with van der Waals surface area (Å²) in [6, 6.07) is 17.7. The van der Waals surface area contributed by atoms with Crippen molar-refractivity contribution >= 4 is 17.7 Å². The van der Waals surface area contributed by atoms with E-state index in [1.165, 1.54) is 5.56 Å². The molecule has 42 heavy (non-hydrogen) atoms. The van der Waals surface area contributed by atoms with Crippen LogP contribution >= 0.6 is 11.8 Å². The van der Waals surface area contributed by atoms with E-state index in [2.05, 4.69) is 43.3 Å². The molecule has 1 aliphatic carbocycles. The Bertz CT molecular complexity index is 1090. The van der Waals surface area contributed by atoms with Crippen molar-refractivity contribution in [2.24, 2.45) is 17.8 Å². The van der Waals surface area contributed by atoms with E-state index in [-0.39, 0.29) is 30.4 Å². The number of carbonyl (C=O) groups excluding carboxylic acids is 1. The zero-order valence-corrected chi connectivity index (χ0v) is 26.0. The molecule has 1 saturated heterocycles. The number of hydrogen-bond acceptors (Lipinski definition) is 7. The molecule has 7 heteroatoms. The molecule has 230 valence electrons. The smallest absolute Gasteiger partial charge is 0.311 e. The zero-order chi connectivity index (χ0) is 29.6. The Kier molecular flexibility index (Phi) is 13.9. The average Bonchev–Trinajstić information content (AvgIpc) is 3.26. The molecule has 0 aromatic heterocycles. The van der Waals surface area contributed by atoms with Crippen molar-refractivity contribution < 1.29 is 28.8 Å². The van der Waals surface area contributed by atoms with Crippen molar-refractivity contribution in [3.8, 4) is 5.75 Å². The third-order valence-electron chi connectivity index (χ3n) is 8.25. The van der Waals surface area contributed by atoms with Gasteiger partial charge in [0.25, 0.3) is 0 Å². The number of esters is 1. The first kappa shape index (κ1) is 32.7. The summed E-state index contributed by atoms with van der Waals surface area (Å²) in [5, 5.41) is 10.9. The second-order valence-corrected chi connectivity index (χ2v) is 12.9. The van der Waals surface area contributed by atoms with E-state index < -0.39 is 0 Å². The summed E-state index contributed by atoms with van der Waals surface area (Å²) in [5.41, 5.74) is 2.37. The van der Waals surface area contributed by atoms with Crippen LogP contribution in [0.15, 0.2) is 66.7 Å². The SMILES string of the molecule is COCc1cccc(C[C@@H](/C=C/[C@@H]2[C@@H](CCSCCCC(=O)Oc3ccccc3)[C@@H](O)C[C@H]2C)OC2CCCCO2)c1. The first-order valence-electron chi connectivity index (χ1n) is 15.6. The predicted octanol–water partition coefficient (Wildman–Crippen LogP) is 6.99. The molecule has 6 nitrogen and oxygen atoms in total. The average molecular weight is 597 g/mol. The number of rotatable bonds is 16. The highest BCUT2D eigenvalue weighted by atomic mass is 32.2. The fourth-order valence-corrected chi connectivity index (χ4v) is 7.08. The summed E-state index contributed by atoms with van der Waals surface area (Å²) in [4.78, 5) is 12.1. The highest BCUT2D eigenvalue weighted by Crippen LogP contribution is 2.41.